The molecule has 1 spiro atoms. The van der Waals surface area contributed by atoms with Crippen LogP contribution in [0.25, 0.3) is 0 Å². The van der Waals surface area contributed by atoms with E-state index in [4.69, 9.17) is 0 Å². The highest BCUT2D eigenvalue weighted by molar-refractivity contribution is 5.82. The molecule has 4 rings (SSSR count). The molecule has 1 saturated carbocycles. The van der Waals surface area contributed by atoms with Gasteiger partial charge in [-0.25, -0.2) is 0 Å². The zero-order chi connectivity index (χ0) is 15.0. The molecule has 5 nitrogen and oxygen atoms in total. The number of hydrogen-bond donors (Lipinski definition) is 2. The van der Waals surface area contributed by atoms with Crippen molar-refractivity contribution in [1.82, 2.24) is 20.4 Å². The molecule has 1 amide bonds. The van der Waals surface area contributed by atoms with Crippen molar-refractivity contribution in [3.05, 3.63) is 0 Å². The lowest BCUT2D eigenvalue weighted by Gasteiger charge is -2.49. The van der Waals surface area contributed by atoms with Crippen LogP contribution in [0.15, 0.2) is 0 Å². The summed E-state index contributed by atoms with van der Waals surface area (Å²) in [7, 11) is 0. The minimum absolute atomic E-state index is 0.109. The first-order valence-electron chi connectivity index (χ1n) is 9.22. The third-order valence-corrected chi connectivity index (χ3v) is 6.72. The molecule has 4 aliphatic rings. The van der Waals surface area contributed by atoms with Crippen LogP contribution in [0, 0.1) is 5.41 Å². The van der Waals surface area contributed by atoms with Crippen molar-refractivity contribution in [2.75, 3.05) is 45.8 Å². The summed E-state index contributed by atoms with van der Waals surface area (Å²) in [6.45, 7) is 7.47. The standard InChI is InChI=1S/C17H30N4O/c22-16-15-13-21(12-11-20(15)10-9-19-16)14-1-3-17(4-2-14)5-7-18-8-6-17/h14-15,18H,1-13H2,(H,19,22). The van der Waals surface area contributed by atoms with E-state index < -0.39 is 0 Å². The summed E-state index contributed by atoms with van der Waals surface area (Å²) >= 11 is 0. The smallest absolute Gasteiger partial charge is 0.238 e. The molecular formula is C17H30N4O. The van der Waals surface area contributed by atoms with Crippen molar-refractivity contribution < 1.29 is 4.79 Å². The molecule has 0 aromatic rings. The van der Waals surface area contributed by atoms with Gasteiger partial charge in [0.2, 0.25) is 5.91 Å². The van der Waals surface area contributed by atoms with E-state index in [2.05, 4.69) is 20.4 Å². The Balaban J connectivity index is 1.34. The third-order valence-electron chi connectivity index (χ3n) is 6.72. The van der Waals surface area contributed by atoms with Crippen LogP contribution in [0.3, 0.4) is 0 Å². The third kappa shape index (κ3) is 2.79. The Bertz CT molecular complexity index is 411. The highest BCUT2D eigenvalue weighted by atomic mass is 16.2. The second kappa shape index (κ2) is 6.10. The molecule has 3 aliphatic heterocycles. The first kappa shape index (κ1) is 14.9. The second-order valence-electron chi connectivity index (χ2n) is 7.82. The second-order valence-corrected chi connectivity index (χ2v) is 7.82. The Morgan fingerprint density at radius 3 is 2.41 bits per heavy atom. The molecule has 4 fully saturated rings. The van der Waals surface area contributed by atoms with Crippen molar-refractivity contribution in [2.45, 2.75) is 50.6 Å². The lowest BCUT2D eigenvalue weighted by Crippen LogP contribution is -2.65. The number of carbonyl (C=O) groups is 1. The van der Waals surface area contributed by atoms with Crippen molar-refractivity contribution in [2.24, 2.45) is 5.41 Å². The van der Waals surface area contributed by atoms with E-state index in [9.17, 15) is 4.79 Å². The molecule has 3 saturated heterocycles. The molecule has 0 aromatic heterocycles. The maximum Gasteiger partial charge on any atom is 0.238 e. The van der Waals surface area contributed by atoms with Gasteiger partial charge in [-0.1, -0.05) is 0 Å². The number of amides is 1. The van der Waals surface area contributed by atoms with Gasteiger partial charge in [0.05, 0.1) is 0 Å². The minimum Gasteiger partial charge on any atom is -0.353 e. The van der Waals surface area contributed by atoms with Crippen LogP contribution < -0.4 is 10.6 Å². The topological polar surface area (TPSA) is 47.6 Å². The number of piperazine rings is 2. The number of carbonyl (C=O) groups excluding carboxylic acids is 1. The molecular weight excluding hydrogens is 276 g/mol. The molecule has 0 radical (unpaired) electrons. The average molecular weight is 306 g/mol. The van der Waals surface area contributed by atoms with Gasteiger partial charge in [-0.05, 0) is 57.0 Å². The minimum atomic E-state index is 0.109. The van der Waals surface area contributed by atoms with Crippen molar-refractivity contribution >= 4 is 5.91 Å². The predicted octanol–water partition coefficient (Wildman–Crippen LogP) is 0.415. The Hall–Kier alpha value is -0.650. The molecule has 0 aromatic carbocycles. The Morgan fingerprint density at radius 1 is 0.909 bits per heavy atom. The van der Waals surface area contributed by atoms with Gasteiger partial charge in [0.1, 0.15) is 6.04 Å². The molecule has 0 bridgehead atoms. The van der Waals surface area contributed by atoms with Gasteiger partial charge in [-0.15, -0.1) is 0 Å². The summed E-state index contributed by atoms with van der Waals surface area (Å²) in [4.78, 5) is 17.1. The van der Waals surface area contributed by atoms with Crippen LogP contribution in [0.4, 0.5) is 0 Å². The normalized spacial score (nSPS) is 34.4. The van der Waals surface area contributed by atoms with Gasteiger partial charge in [0, 0.05) is 38.8 Å². The molecule has 1 aliphatic carbocycles. The number of piperidine rings is 1. The van der Waals surface area contributed by atoms with Gasteiger partial charge >= 0.3 is 0 Å². The van der Waals surface area contributed by atoms with Crippen LogP contribution >= 0.6 is 0 Å². The molecule has 1 unspecified atom stereocenters. The largest absolute Gasteiger partial charge is 0.353 e. The summed E-state index contributed by atoms with van der Waals surface area (Å²) in [5.74, 6) is 0.251. The van der Waals surface area contributed by atoms with Gasteiger partial charge < -0.3 is 10.6 Å². The van der Waals surface area contributed by atoms with E-state index in [1.54, 1.807) is 0 Å². The van der Waals surface area contributed by atoms with Crippen molar-refractivity contribution in [1.29, 1.82) is 0 Å². The zero-order valence-corrected chi connectivity index (χ0v) is 13.6. The summed E-state index contributed by atoms with van der Waals surface area (Å²) < 4.78 is 0. The van der Waals surface area contributed by atoms with Gasteiger partial charge in [0.25, 0.3) is 0 Å². The molecule has 124 valence electrons. The van der Waals surface area contributed by atoms with Crippen molar-refractivity contribution in [3.8, 4) is 0 Å². The fourth-order valence-corrected chi connectivity index (χ4v) is 5.17. The maximum atomic E-state index is 12.1. The molecule has 22 heavy (non-hydrogen) atoms. The number of nitrogens with one attached hydrogen (secondary N) is 2. The van der Waals surface area contributed by atoms with Crippen LogP contribution in [-0.4, -0.2) is 73.6 Å². The van der Waals surface area contributed by atoms with Gasteiger partial charge in [0.15, 0.2) is 0 Å². The Kier molecular flexibility index (Phi) is 4.13. The highest BCUT2D eigenvalue weighted by Crippen LogP contribution is 2.44. The zero-order valence-electron chi connectivity index (χ0n) is 13.6. The molecule has 3 heterocycles. The van der Waals surface area contributed by atoms with E-state index in [1.807, 2.05) is 0 Å². The van der Waals surface area contributed by atoms with Gasteiger partial charge in [-0.2, -0.15) is 0 Å². The fraction of sp³-hybridized carbons (Fsp3) is 0.941. The number of fused-ring (bicyclic) bond motifs is 1. The Labute approximate surface area is 133 Å². The van der Waals surface area contributed by atoms with Crippen LogP contribution in [0.5, 0.6) is 0 Å². The lowest BCUT2D eigenvalue weighted by atomic mass is 9.67. The molecule has 2 N–H and O–H groups in total. The van der Waals surface area contributed by atoms with E-state index in [1.165, 1.54) is 51.6 Å². The summed E-state index contributed by atoms with van der Waals surface area (Å²) in [5.41, 5.74) is 0.645. The van der Waals surface area contributed by atoms with Crippen molar-refractivity contribution in [3.63, 3.8) is 0 Å². The summed E-state index contributed by atoms with van der Waals surface area (Å²) in [6, 6.07) is 0.828. The van der Waals surface area contributed by atoms with Crippen LogP contribution in [0.2, 0.25) is 0 Å². The first-order chi connectivity index (χ1) is 10.8. The summed E-state index contributed by atoms with van der Waals surface area (Å²) in [5, 5.41) is 6.54. The number of rotatable bonds is 1. The van der Waals surface area contributed by atoms with E-state index in [0.29, 0.717) is 5.41 Å². The Morgan fingerprint density at radius 2 is 1.64 bits per heavy atom. The SMILES string of the molecule is O=C1NCCN2CCN(C3CCC4(CCNCC4)CC3)CC12. The summed E-state index contributed by atoms with van der Waals surface area (Å²) in [6.07, 6.45) is 8.23. The number of nitrogens with zero attached hydrogens (tertiary/aromatic N) is 2. The van der Waals surface area contributed by atoms with Gasteiger partial charge in [-0.3, -0.25) is 14.6 Å². The molecule has 1 atom stereocenters. The van der Waals surface area contributed by atoms with Crippen LogP contribution in [0.1, 0.15) is 38.5 Å². The monoisotopic (exact) mass is 306 g/mol. The number of hydrogen-bond acceptors (Lipinski definition) is 4. The van der Waals surface area contributed by atoms with Crippen LogP contribution in [-0.2, 0) is 4.79 Å². The quantitative estimate of drug-likeness (QED) is 0.737. The van der Waals surface area contributed by atoms with E-state index in [0.717, 1.165) is 38.8 Å². The first-order valence-corrected chi connectivity index (χ1v) is 9.22. The van der Waals surface area contributed by atoms with E-state index in [-0.39, 0.29) is 11.9 Å². The van der Waals surface area contributed by atoms with E-state index >= 15 is 0 Å². The highest BCUT2D eigenvalue weighted by Gasteiger charge is 2.41. The maximum absolute atomic E-state index is 12.1. The average Bonchev–Trinajstić information content (AvgIpc) is 2.57. The lowest BCUT2D eigenvalue weighted by molar-refractivity contribution is -0.132. The predicted molar refractivity (Wildman–Crippen MR) is 86.7 cm³/mol. The molecule has 5 heteroatoms. The fourth-order valence-electron chi connectivity index (χ4n) is 5.17.